The molecule has 0 spiro atoms. The van der Waals surface area contributed by atoms with E-state index in [1.807, 2.05) is 6.07 Å². The number of amides is 1. The number of anilines is 1. The Kier molecular flexibility index (Phi) is 3.08. The first-order valence-corrected chi connectivity index (χ1v) is 5.60. The Morgan fingerprint density at radius 1 is 1.62 bits per heavy atom. The summed E-state index contributed by atoms with van der Waals surface area (Å²) in [6, 6.07) is 1.97. The lowest BCUT2D eigenvalue weighted by atomic mass is 10.00. The van der Waals surface area contributed by atoms with Crippen LogP contribution < -0.4 is 10.1 Å². The average Bonchev–Trinajstić information content (AvgIpc) is 2.29. The van der Waals surface area contributed by atoms with Gasteiger partial charge in [0.1, 0.15) is 0 Å². The zero-order valence-electron chi connectivity index (χ0n) is 9.62. The minimum absolute atomic E-state index is 0.0848. The molecule has 16 heavy (non-hydrogen) atoms. The molecule has 1 N–H and O–H groups in total. The fourth-order valence-electron chi connectivity index (χ4n) is 1.66. The Labute approximate surface area is 95.0 Å². The van der Waals surface area contributed by atoms with Gasteiger partial charge in [-0.15, -0.1) is 0 Å². The minimum atomic E-state index is -0.144. The third-order valence-electron chi connectivity index (χ3n) is 2.81. The van der Waals surface area contributed by atoms with E-state index in [4.69, 9.17) is 4.74 Å². The molecule has 0 aromatic carbocycles. The van der Waals surface area contributed by atoms with Gasteiger partial charge < -0.3 is 10.1 Å². The van der Waals surface area contributed by atoms with Crippen molar-refractivity contribution in [1.29, 1.82) is 0 Å². The van der Waals surface area contributed by atoms with E-state index in [9.17, 15) is 4.79 Å². The van der Waals surface area contributed by atoms with E-state index < -0.39 is 0 Å². The molecule has 1 aromatic heterocycles. The lowest BCUT2D eigenvalue weighted by Gasteiger charge is -2.18. The fraction of sp³-hybridized carbons (Fsp3) is 0.500. The number of fused-ring (bicyclic) bond motifs is 1. The molecular formula is C12H16N2O2. The summed E-state index contributed by atoms with van der Waals surface area (Å²) in [6.45, 7) is 4.47. The monoisotopic (exact) mass is 220 g/mol. The summed E-state index contributed by atoms with van der Waals surface area (Å²) in [5, 5.41) is 2.68. The second kappa shape index (κ2) is 4.51. The van der Waals surface area contributed by atoms with Crippen LogP contribution in [-0.2, 0) is 11.2 Å². The molecule has 2 rings (SSSR count). The molecule has 1 aromatic rings. The lowest BCUT2D eigenvalue weighted by Crippen LogP contribution is -2.26. The number of carbonyl (C=O) groups excluding carboxylic acids is 1. The van der Waals surface area contributed by atoms with Crippen LogP contribution in [0.3, 0.4) is 0 Å². The molecule has 1 aliphatic rings. The van der Waals surface area contributed by atoms with Crippen molar-refractivity contribution in [3.8, 4) is 5.75 Å². The molecule has 0 radical (unpaired) electrons. The van der Waals surface area contributed by atoms with Gasteiger partial charge in [-0.3, -0.25) is 4.79 Å². The Hall–Kier alpha value is -1.58. The number of pyridine rings is 1. The predicted octanol–water partition coefficient (Wildman–Crippen LogP) is 2.00. The van der Waals surface area contributed by atoms with Gasteiger partial charge in [0.05, 0.1) is 0 Å². The van der Waals surface area contributed by atoms with E-state index in [-0.39, 0.29) is 12.5 Å². The normalized spacial score (nSPS) is 16.0. The van der Waals surface area contributed by atoms with Crippen LogP contribution in [0.1, 0.15) is 25.8 Å². The third kappa shape index (κ3) is 2.32. The Morgan fingerprint density at radius 3 is 3.19 bits per heavy atom. The first-order chi connectivity index (χ1) is 7.69. The summed E-state index contributed by atoms with van der Waals surface area (Å²) in [5.41, 5.74) is 1.16. The number of aromatic nitrogens is 1. The maximum atomic E-state index is 11.1. The van der Waals surface area contributed by atoms with E-state index in [2.05, 4.69) is 24.1 Å². The molecule has 0 saturated heterocycles. The first-order valence-electron chi connectivity index (χ1n) is 5.60. The zero-order valence-corrected chi connectivity index (χ0v) is 9.62. The second-order valence-corrected chi connectivity index (χ2v) is 4.24. The molecule has 1 atom stereocenters. The number of nitrogens with zero attached hydrogens (tertiary/aromatic N) is 1. The molecule has 0 saturated carbocycles. The highest BCUT2D eigenvalue weighted by molar-refractivity contribution is 5.94. The number of hydrogen-bond acceptors (Lipinski definition) is 3. The molecule has 4 heteroatoms. The molecule has 86 valence electrons. The molecule has 2 heterocycles. The van der Waals surface area contributed by atoms with Gasteiger partial charge in [-0.2, -0.15) is 0 Å². The quantitative estimate of drug-likeness (QED) is 0.847. The molecule has 1 unspecified atom stereocenters. The largest absolute Gasteiger partial charge is 0.480 e. The maximum absolute atomic E-state index is 11.1. The van der Waals surface area contributed by atoms with Crippen LogP contribution in [0.15, 0.2) is 12.3 Å². The van der Waals surface area contributed by atoms with Crippen molar-refractivity contribution in [2.45, 2.75) is 26.7 Å². The van der Waals surface area contributed by atoms with Crippen molar-refractivity contribution in [3.63, 3.8) is 0 Å². The van der Waals surface area contributed by atoms with Gasteiger partial charge in [-0.05, 0) is 24.0 Å². The number of ether oxygens (including phenoxy) is 1. The Balaban J connectivity index is 2.16. The van der Waals surface area contributed by atoms with E-state index >= 15 is 0 Å². The van der Waals surface area contributed by atoms with Crippen LogP contribution in [0.4, 0.5) is 5.82 Å². The molecule has 0 aliphatic carbocycles. The topological polar surface area (TPSA) is 51.2 Å². The van der Waals surface area contributed by atoms with Gasteiger partial charge in [0.25, 0.3) is 5.91 Å². The van der Waals surface area contributed by atoms with Crippen molar-refractivity contribution in [2.24, 2.45) is 5.92 Å². The van der Waals surface area contributed by atoms with E-state index in [0.717, 1.165) is 18.4 Å². The Morgan fingerprint density at radius 2 is 2.44 bits per heavy atom. The summed E-state index contributed by atoms with van der Waals surface area (Å²) in [4.78, 5) is 15.3. The summed E-state index contributed by atoms with van der Waals surface area (Å²) in [5.74, 6) is 1.71. The standard InChI is InChI=1S/C12H16N2O2/c1-3-8(2)4-9-5-10-12(13-6-9)14-11(15)7-16-10/h5-6,8H,3-4,7H2,1-2H3,(H,13,14,15). The highest BCUT2D eigenvalue weighted by atomic mass is 16.5. The van der Waals surface area contributed by atoms with Crippen LogP contribution in [0.5, 0.6) is 5.75 Å². The lowest BCUT2D eigenvalue weighted by molar-refractivity contribution is -0.118. The molecule has 4 nitrogen and oxygen atoms in total. The second-order valence-electron chi connectivity index (χ2n) is 4.24. The summed E-state index contributed by atoms with van der Waals surface area (Å²) < 4.78 is 5.32. The summed E-state index contributed by atoms with van der Waals surface area (Å²) in [6.07, 6.45) is 3.95. The van der Waals surface area contributed by atoms with E-state index in [1.54, 1.807) is 6.20 Å². The molecule has 1 aliphatic heterocycles. The van der Waals surface area contributed by atoms with Crippen LogP contribution in [0, 0.1) is 5.92 Å². The molecule has 0 fully saturated rings. The van der Waals surface area contributed by atoms with Crippen LogP contribution >= 0.6 is 0 Å². The van der Waals surface area contributed by atoms with E-state index in [1.165, 1.54) is 0 Å². The molecule has 0 bridgehead atoms. The van der Waals surface area contributed by atoms with Gasteiger partial charge in [0, 0.05) is 6.20 Å². The minimum Gasteiger partial charge on any atom is -0.480 e. The smallest absolute Gasteiger partial charge is 0.263 e. The van der Waals surface area contributed by atoms with Gasteiger partial charge in [-0.25, -0.2) is 4.98 Å². The number of carbonyl (C=O) groups is 1. The van der Waals surface area contributed by atoms with Gasteiger partial charge >= 0.3 is 0 Å². The van der Waals surface area contributed by atoms with Gasteiger partial charge in [0.2, 0.25) is 0 Å². The summed E-state index contributed by atoms with van der Waals surface area (Å²) in [7, 11) is 0. The van der Waals surface area contributed by atoms with Crippen LogP contribution in [-0.4, -0.2) is 17.5 Å². The van der Waals surface area contributed by atoms with Gasteiger partial charge in [-0.1, -0.05) is 20.3 Å². The third-order valence-corrected chi connectivity index (χ3v) is 2.81. The molecule has 1 amide bonds. The van der Waals surface area contributed by atoms with Crippen molar-refractivity contribution in [2.75, 3.05) is 11.9 Å². The van der Waals surface area contributed by atoms with E-state index in [0.29, 0.717) is 17.5 Å². The zero-order chi connectivity index (χ0) is 11.5. The fourth-order valence-corrected chi connectivity index (χ4v) is 1.66. The van der Waals surface area contributed by atoms with Crippen LogP contribution in [0.2, 0.25) is 0 Å². The summed E-state index contributed by atoms with van der Waals surface area (Å²) >= 11 is 0. The Bertz CT molecular complexity index is 404. The van der Waals surface area contributed by atoms with Crippen molar-refractivity contribution >= 4 is 11.7 Å². The number of nitrogens with one attached hydrogen (secondary N) is 1. The maximum Gasteiger partial charge on any atom is 0.263 e. The number of hydrogen-bond donors (Lipinski definition) is 1. The SMILES string of the molecule is CCC(C)Cc1cnc2c(c1)OCC(=O)N2. The average molecular weight is 220 g/mol. The van der Waals surface area contributed by atoms with Crippen molar-refractivity contribution in [1.82, 2.24) is 4.98 Å². The van der Waals surface area contributed by atoms with Crippen molar-refractivity contribution in [3.05, 3.63) is 17.8 Å². The van der Waals surface area contributed by atoms with Crippen LogP contribution in [0.25, 0.3) is 0 Å². The highest BCUT2D eigenvalue weighted by Crippen LogP contribution is 2.26. The predicted molar refractivity (Wildman–Crippen MR) is 61.5 cm³/mol. The number of rotatable bonds is 3. The first kappa shape index (κ1) is 10.9. The van der Waals surface area contributed by atoms with Gasteiger partial charge in [0.15, 0.2) is 18.2 Å². The molecular weight excluding hydrogens is 204 g/mol. The highest BCUT2D eigenvalue weighted by Gasteiger charge is 2.17. The van der Waals surface area contributed by atoms with Crippen molar-refractivity contribution < 1.29 is 9.53 Å².